The van der Waals surface area contributed by atoms with Gasteiger partial charge in [0.05, 0.1) is 19.5 Å². The molecule has 0 aromatic heterocycles. The van der Waals surface area contributed by atoms with Gasteiger partial charge in [-0.2, -0.15) is 0 Å². The minimum atomic E-state index is -3.09. The number of ether oxygens (including phenoxy) is 2. The Balaban J connectivity index is 0.00000450. The summed E-state index contributed by atoms with van der Waals surface area (Å²) < 4.78 is 36.5. The fourth-order valence-corrected chi connectivity index (χ4v) is 4.24. The van der Waals surface area contributed by atoms with Gasteiger partial charge in [-0.25, -0.2) is 12.7 Å². The summed E-state index contributed by atoms with van der Waals surface area (Å²) in [5.41, 5.74) is 0. The van der Waals surface area contributed by atoms with Gasteiger partial charge in [0.2, 0.25) is 10.0 Å². The Bertz CT molecular complexity index is 753. The van der Waals surface area contributed by atoms with Gasteiger partial charge < -0.3 is 20.1 Å². The Morgan fingerprint density at radius 3 is 2.57 bits per heavy atom. The summed E-state index contributed by atoms with van der Waals surface area (Å²) in [5, 5.41) is 6.69. The molecule has 0 atom stereocenters. The van der Waals surface area contributed by atoms with E-state index in [-0.39, 0.29) is 35.8 Å². The fraction of sp³-hybridized carbons (Fsp3) is 0.650. The Labute approximate surface area is 197 Å². The number of nitrogens with zero attached hydrogens (tertiary/aromatic N) is 2. The van der Waals surface area contributed by atoms with E-state index in [2.05, 4.69) is 15.6 Å². The van der Waals surface area contributed by atoms with Gasteiger partial charge in [-0.05, 0) is 38.8 Å². The standard InChI is InChI=1S/C20H34N4O4S.HI/c1-4-21-20(23-17-10-13-24(14-11-17)29(25,26)5-2)22-12-7-15-28-19-9-6-8-18(16-19)27-3;/h6,8-9,16-17H,4-5,7,10-15H2,1-3H3,(H2,21,22,23);1H. The molecule has 0 unspecified atom stereocenters. The highest BCUT2D eigenvalue weighted by molar-refractivity contribution is 14.0. The van der Waals surface area contributed by atoms with E-state index >= 15 is 0 Å². The summed E-state index contributed by atoms with van der Waals surface area (Å²) in [4.78, 5) is 4.61. The summed E-state index contributed by atoms with van der Waals surface area (Å²) in [6, 6.07) is 7.77. The zero-order chi connectivity index (χ0) is 21.1. The molecule has 0 bridgehead atoms. The van der Waals surface area contributed by atoms with E-state index in [1.807, 2.05) is 31.2 Å². The molecule has 1 heterocycles. The van der Waals surface area contributed by atoms with Gasteiger partial charge >= 0.3 is 0 Å². The average molecular weight is 554 g/mol. The van der Waals surface area contributed by atoms with E-state index in [4.69, 9.17) is 9.47 Å². The van der Waals surface area contributed by atoms with Gasteiger partial charge in [-0.1, -0.05) is 6.07 Å². The molecule has 1 aromatic carbocycles. The predicted octanol–water partition coefficient (Wildman–Crippen LogP) is 2.45. The van der Waals surface area contributed by atoms with Crippen LogP contribution in [0.4, 0.5) is 0 Å². The first kappa shape index (κ1) is 26.8. The Hall–Kier alpha value is -1.27. The quantitative estimate of drug-likeness (QED) is 0.200. The SMILES string of the molecule is CCNC(=NCCCOc1cccc(OC)c1)NC1CCN(S(=O)(=O)CC)CC1.I. The first-order chi connectivity index (χ1) is 14.0. The van der Waals surface area contributed by atoms with Gasteiger partial charge in [0, 0.05) is 44.7 Å². The van der Waals surface area contributed by atoms with Crippen LogP contribution in [0.1, 0.15) is 33.1 Å². The molecular weight excluding hydrogens is 519 g/mol. The Morgan fingerprint density at radius 1 is 1.23 bits per heavy atom. The summed E-state index contributed by atoms with van der Waals surface area (Å²) >= 11 is 0. The number of methoxy groups -OCH3 is 1. The summed E-state index contributed by atoms with van der Waals surface area (Å²) in [6.07, 6.45) is 2.35. The molecule has 1 aromatic rings. The first-order valence-corrected chi connectivity index (χ1v) is 11.9. The number of piperidine rings is 1. The zero-order valence-electron chi connectivity index (χ0n) is 18.1. The molecule has 1 aliphatic heterocycles. The van der Waals surface area contributed by atoms with Crippen molar-refractivity contribution in [3.8, 4) is 11.5 Å². The van der Waals surface area contributed by atoms with Crippen LogP contribution in [0.2, 0.25) is 0 Å². The topological polar surface area (TPSA) is 92.3 Å². The number of guanidine groups is 1. The fourth-order valence-electron chi connectivity index (χ4n) is 3.11. The largest absolute Gasteiger partial charge is 0.497 e. The molecular formula is C20H35IN4O4S. The second-order valence-corrected chi connectivity index (χ2v) is 9.12. The van der Waals surface area contributed by atoms with Gasteiger partial charge in [0.1, 0.15) is 11.5 Å². The summed E-state index contributed by atoms with van der Waals surface area (Å²) in [7, 11) is -1.46. The van der Waals surface area contributed by atoms with Crippen LogP contribution in [-0.4, -0.2) is 70.4 Å². The highest BCUT2D eigenvalue weighted by Gasteiger charge is 2.26. The van der Waals surface area contributed by atoms with Crippen molar-refractivity contribution in [1.29, 1.82) is 0 Å². The van der Waals surface area contributed by atoms with E-state index in [0.717, 1.165) is 43.3 Å². The Kier molecular flexibility index (Phi) is 12.4. The minimum Gasteiger partial charge on any atom is -0.497 e. The Morgan fingerprint density at radius 2 is 1.93 bits per heavy atom. The van der Waals surface area contributed by atoms with Crippen molar-refractivity contribution >= 4 is 40.0 Å². The van der Waals surface area contributed by atoms with Gasteiger partial charge in [-0.3, -0.25) is 4.99 Å². The molecule has 2 rings (SSSR count). The molecule has 172 valence electrons. The molecule has 0 radical (unpaired) electrons. The van der Waals surface area contributed by atoms with Crippen molar-refractivity contribution in [3.63, 3.8) is 0 Å². The summed E-state index contributed by atoms with van der Waals surface area (Å²) in [6.45, 7) is 6.82. The third-order valence-electron chi connectivity index (χ3n) is 4.78. The normalized spacial score (nSPS) is 15.9. The number of hydrogen-bond donors (Lipinski definition) is 2. The molecule has 8 nitrogen and oxygen atoms in total. The lowest BCUT2D eigenvalue weighted by Gasteiger charge is -2.32. The maximum Gasteiger partial charge on any atom is 0.213 e. The number of benzene rings is 1. The first-order valence-electron chi connectivity index (χ1n) is 10.3. The molecule has 10 heteroatoms. The molecule has 0 saturated carbocycles. The highest BCUT2D eigenvalue weighted by atomic mass is 127. The maximum atomic E-state index is 12.0. The number of nitrogens with one attached hydrogen (secondary N) is 2. The minimum absolute atomic E-state index is 0. The van der Waals surface area contributed by atoms with Crippen molar-refractivity contribution in [1.82, 2.24) is 14.9 Å². The third kappa shape index (κ3) is 8.84. The molecule has 0 amide bonds. The average Bonchev–Trinajstić information content (AvgIpc) is 2.74. The van der Waals surface area contributed by atoms with Crippen LogP contribution in [-0.2, 0) is 10.0 Å². The zero-order valence-corrected chi connectivity index (χ0v) is 21.2. The number of rotatable bonds is 10. The lowest BCUT2D eigenvalue weighted by Crippen LogP contribution is -2.50. The van der Waals surface area contributed by atoms with E-state index in [0.29, 0.717) is 26.2 Å². The van der Waals surface area contributed by atoms with Crippen molar-refractivity contribution in [3.05, 3.63) is 24.3 Å². The highest BCUT2D eigenvalue weighted by Crippen LogP contribution is 2.19. The van der Waals surface area contributed by atoms with E-state index in [9.17, 15) is 8.42 Å². The number of halogens is 1. The van der Waals surface area contributed by atoms with Crippen LogP contribution in [0.3, 0.4) is 0 Å². The molecule has 0 aliphatic carbocycles. The number of sulfonamides is 1. The van der Waals surface area contributed by atoms with Crippen LogP contribution >= 0.6 is 24.0 Å². The van der Waals surface area contributed by atoms with Gasteiger partial charge in [-0.15, -0.1) is 24.0 Å². The van der Waals surface area contributed by atoms with E-state index in [1.54, 1.807) is 18.3 Å². The molecule has 1 aliphatic rings. The van der Waals surface area contributed by atoms with Crippen LogP contribution in [0, 0.1) is 0 Å². The van der Waals surface area contributed by atoms with Crippen LogP contribution in [0.15, 0.2) is 29.3 Å². The second-order valence-electron chi connectivity index (χ2n) is 6.86. The van der Waals surface area contributed by atoms with Crippen molar-refractivity contribution < 1.29 is 17.9 Å². The van der Waals surface area contributed by atoms with Crippen molar-refractivity contribution in [2.45, 2.75) is 39.2 Å². The van der Waals surface area contributed by atoms with Crippen LogP contribution < -0.4 is 20.1 Å². The monoisotopic (exact) mass is 554 g/mol. The van der Waals surface area contributed by atoms with Gasteiger partial charge in [0.25, 0.3) is 0 Å². The van der Waals surface area contributed by atoms with E-state index in [1.165, 1.54) is 0 Å². The predicted molar refractivity (Wildman–Crippen MR) is 132 cm³/mol. The maximum absolute atomic E-state index is 12.0. The molecule has 1 fully saturated rings. The number of aliphatic imine (C=N–C) groups is 1. The number of hydrogen-bond acceptors (Lipinski definition) is 5. The van der Waals surface area contributed by atoms with Crippen LogP contribution in [0.25, 0.3) is 0 Å². The molecule has 30 heavy (non-hydrogen) atoms. The molecule has 1 saturated heterocycles. The van der Waals surface area contributed by atoms with Crippen molar-refractivity contribution in [2.75, 3.05) is 45.6 Å². The third-order valence-corrected chi connectivity index (χ3v) is 6.66. The molecule has 0 spiro atoms. The summed E-state index contributed by atoms with van der Waals surface area (Å²) in [5.74, 6) is 2.49. The second kappa shape index (κ2) is 13.9. The molecule has 2 N–H and O–H groups in total. The lowest BCUT2D eigenvalue weighted by atomic mass is 10.1. The van der Waals surface area contributed by atoms with Crippen LogP contribution in [0.5, 0.6) is 11.5 Å². The van der Waals surface area contributed by atoms with E-state index < -0.39 is 10.0 Å². The smallest absolute Gasteiger partial charge is 0.213 e. The lowest BCUT2D eigenvalue weighted by molar-refractivity contribution is 0.305. The van der Waals surface area contributed by atoms with Gasteiger partial charge in [0.15, 0.2) is 5.96 Å². The van der Waals surface area contributed by atoms with Crippen molar-refractivity contribution in [2.24, 2.45) is 4.99 Å².